The van der Waals surface area contributed by atoms with Crippen LogP contribution >= 0.6 is 23.2 Å². The molecule has 31 heavy (non-hydrogen) atoms. The van der Waals surface area contributed by atoms with Crippen molar-refractivity contribution < 1.29 is 18.3 Å². The van der Waals surface area contributed by atoms with Crippen LogP contribution in [0.4, 0.5) is 0 Å². The molecule has 1 aliphatic carbocycles. The molecule has 10 heteroatoms. The topological polar surface area (TPSA) is 90.8 Å². The minimum atomic E-state index is -4.04. The zero-order valence-electron chi connectivity index (χ0n) is 16.9. The highest BCUT2D eigenvalue weighted by Gasteiger charge is 2.69. The Morgan fingerprint density at radius 1 is 1.29 bits per heavy atom. The summed E-state index contributed by atoms with van der Waals surface area (Å²) < 4.78 is 28.9. The maximum Gasteiger partial charge on any atom is 0.245 e. The summed E-state index contributed by atoms with van der Waals surface area (Å²) in [5.41, 5.74) is -0.532. The van der Waals surface area contributed by atoms with E-state index in [0.717, 1.165) is 6.42 Å². The van der Waals surface area contributed by atoms with E-state index in [-0.39, 0.29) is 34.0 Å². The van der Waals surface area contributed by atoms with Crippen molar-refractivity contribution in [3.63, 3.8) is 0 Å². The second kappa shape index (κ2) is 8.33. The van der Waals surface area contributed by atoms with E-state index in [1.54, 1.807) is 18.3 Å². The van der Waals surface area contributed by atoms with Gasteiger partial charge in [0.25, 0.3) is 0 Å². The third-order valence-corrected chi connectivity index (χ3v) is 8.64. The fraction of sp³-hybridized carbons (Fsp3) is 0.429. The van der Waals surface area contributed by atoms with E-state index in [4.69, 9.17) is 23.2 Å². The molecule has 7 nitrogen and oxygen atoms in total. The van der Waals surface area contributed by atoms with Gasteiger partial charge in [-0.2, -0.15) is 4.31 Å². The lowest BCUT2D eigenvalue weighted by atomic mass is 9.66. The van der Waals surface area contributed by atoms with Crippen LogP contribution < -0.4 is 0 Å². The first-order valence-electron chi connectivity index (χ1n) is 10.0. The van der Waals surface area contributed by atoms with Gasteiger partial charge in [0.05, 0.1) is 23.7 Å². The van der Waals surface area contributed by atoms with Gasteiger partial charge in [0.15, 0.2) is 0 Å². The molecule has 0 radical (unpaired) electrons. The number of benzene rings is 1. The van der Waals surface area contributed by atoms with Gasteiger partial charge in [0, 0.05) is 35.1 Å². The molecular weight excluding hydrogens is 461 g/mol. The molecule has 1 amide bonds. The van der Waals surface area contributed by atoms with Gasteiger partial charge >= 0.3 is 0 Å². The molecule has 1 aliphatic heterocycles. The number of hydrogen-bond donors (Lipinski definition) is 1. The van der Waals surface area contributed by atoms with Crippen LogP contribution in [0.25, 0.3) is 0 Å². The number of hydrogen-bond acceptors (Lipinski definition) is 5. The average molecular weight is 484 g/mol. The molecule has 3 atom stereocenters. The Labute approximate surface area is 191 Å². The monoisotopic (exact) mass is 483 g/mol. The number of fused-ring (bicyclic) bond motifs is 2. The summed E-state index contributed by atoms with van der Waals surface area (Å²) in [6, 6.07) is 9.14. The molecule has 1 aromatic carbocycles. The van der Waals surface area contributed by atoms with Crippen molar-refractivity contribution in [2.45, 2.75) is 49.3 Å². The van der Waals surface area contributed by atoms with Crippen molar-refractivity contribution in [2.75, 3.05) is 6.61 Å². The zero-order chi connectivity index (χ0) is 22.4. The fourth-order valence-electron chi connectivity index (χ4n) is 5.10. The van der Waals surface area contributed by atoms with Gasteiger partial charge in [-0.05, 0) is 49.6 Å². The number of piperidine rings is 1. The Morgan fingerprint density at radius 2 is 2.00 bits per heavy atom. The van der Waals surface area contributed by atoms with Gasteiger partial charge in [0.1, 0.15) is 5.66 Å². The summed E-state index contributed by atoms with van der Waals surface area (Å²) in [6.07, 6.45) is 3.40. The molecule has 2 unspecified atom stereocenters. The van der Waals surface area contributed by atoms with Crippen molar-refractivity contribution >= 4 is 39.1 Å². The molecule has 1 saturated carbocycles. The summed E-state index contributed by atoms with van der Waals surface area (Å²) in [4.78, 5) is 18.6. The second-order valence-electron chi connectivity index (χ2n) is 7.96. The predicted octanol–water partition coefficient (Wildman–Crippen LogP) is 3.30. The number of aliphatic hydroxyl groups is 1. The lowest BCUT2D eigenvalue weighted by molar-refractivity contribution is -0.219. The van der Waals surface area contributed by atoms with Gasteiger partial charge in [-0.15, -0.1) is 0 Å². The molecule has 166 valence electrons. The first-order chi connectivity index (χ1) is 14.7. The molecule has 2 bridgehead atoms. The van der Waals surface area contributed by atoms with Crippen molar-refractivity contribution in [2.24, 2.45) is 5.92 Å². The van der Waals surface area contributed by atoms with Crippen molar-refractivity contribution in [1.82, 2.24) is 14.2 Å². The number of aliphatic hydroxyl groups excluding tert-OH is 1. The molecule has 4 rings (SSSR count). The van der Waals surface area contributed by atoms with E-state index in [0.29, 0.717) is 18.5 Å². The van der Waals surface area contributed by atoms with E-state index in [9.17, 15) is 18.3 Å². The first kappa shape index (κ1) is 22.5. The number of amides is 1. The molecule has 2 heterocycles. The van der Waals surface area contributed by atoms with E-state index >= 15 is 0 Å². The lowest BCUT2D eigenvalue weighted by Crippen LogP contribution is -2.83. The Bertz CT molecular complexity index is 1080. The fourth-order valence-corrected chi connectivity index (χ4v) is 7.88. The first-order valence-corrected chi connectivity index (χ1v) is 12.2. The number of aromatic nitrogens is 1. The van der Waals surface area contributed by atoms with Crippen LogP contribution in [0, 0.1) is 5.92 Å². The summed E-state index contributed by atoms with van der Waals surface area (Å²) in [5.74, 6) is -0.674. The average Bonchev–Trinajstić information content (AvgIpc) is 2.72. The minimum absolute atomic E-state index is 0.0287. The van der Waals surface area contributed by atoms with E-state index < -0.39 is 27.6 Å². The third kappa shape index (κ3) is 3.64. The molecule has 1 aromatic heterocycles. The molecule has 2 fully saturated rings. The maximum atomic E-state index is 13.8. The van der Waals surface area contributed by atoms with Crippen molar-refractivity contribution in [1.29, 1.82) is 0 Å². The molecular formula is C21H23Cl2N3O4S. The quantitative estimate of drug-likeness (QED) is 0.680. The van der Waals surface area contributed by atoms with Gasteiger partial charge in [-0.1, -0.05) is 29.3 Å². The van der Waals surface area contributed by atoms with Crippen LogP contribution in [0.5, 0.6) is 0 Å². The molecule has 2 aromatic rings. The van der Waals surface area contributed by atoms with Gasteiger partial charge < -0.3 is 10.0 Å². The van der Waals surface area contributed by atoms with Crippen LogP contribution in [0.15, 0.2) is 47.5 Å². The SMILES string of the molecule is CC(=O)N(Cc1ccccn1)C12CCCC([C@H]1CO)N2S(=O)(=O)c1cc(Cl)cc(Cl)c1. The number of rotatable bonds is 6. The Kier molecular flexibility index (Phi) is 6.04. The van der Waals surface area contributed by atoms with Crippen LogP contribution in [-0.2, 0) is 21.4 Å². The number of carbonyl (C=O) groups is 1. The highest BCUT2D eigenvalue weighted by atomic mass is 35.5. The molecule has 2 aliphatic rings. The smallest absolute Gasteiger partial charge is 0.245 e. The normalized spacial score (nSPS) is 25.7. The Balaban J connectivity index is 1.82. The Hall–Kier alpha value is -1.71. The van der Waals surface area contributed by atoms with Crippen molar-refractivity contribution in [3.05, 3.63) is 58.3 Å². The van der Waals surface area contributed by atoms with Crippen LogP contribution in [0.1, 0.15) is 31.9 Å². The van der Waals surface area contributed by atoms with Crippen LogP contribution in [0.2, 0.25) is 10.0 Å². The lowest BCUT2D eigenvalue weighted by Gasteiger charge is -2.68. The van der Waals surface area contributed by atoms with Gasteiger partial charge in [-0.25, -0.2) is 8.42 Å². The van der Waals surface area contributed by atoms with E-state index in [1.165, 1.54) is 34.3 Å². The number of halogens is 2. The second-order valence-corrected chi connectivity index (χ2v) is 10.6. The summed E-state index contributed by atoms with van der Waals surface area (Å²) in [7, 11) is -4.04. The molecule has 1 N–H and O–H groups in total. The van der Waals surface area contributed by atoms with Gasteiger partial charge in [-0.3, -0.25) is 9.78 Å². The summed E-state index contributed by atoms with van der Waals surface area (Å²) in [5, 5.41) is 10.6. The maximum absolute atomic E-state index is 13.8. The molecule has 1 saturated heterocycles. The van der Waals surface area contributed by atoms with Crippen molar-refractivity contribution in [3.8, 4) is 0 Å². The largest absolute Gasteiger partial charge is 0.396 e. The van der Waals surface area contributed by atoms with Gasteiger partial charge in [0.2, 0.25) is 15.9 Å². The number of carbonyl (C=O) groups excluding carboxylic acids is 1. The van der Waals surface area contributed by atoms with Crippen LogP contribution in [-0.4, -0.2) is 51.9 Å². The third-order valence-electron chi connectivity index (χ3n) is 6.27. The standard InChI is InChI=1S/C21H23Cl2N3O4S/c1-14(28)25(12-17-5-2-3-8-24-17)21-7-4-6-20(19(21)13-27)26(21)31(29,30)18-10-15(22)9-16(23)11-18/h2-3,5,8-11,19-20,27H,4,6-7,12-13H2,1H3/t19-,20?,21?/m1/s1. The highest BCUT2D eigenvalue weighted by molar-refractivity contribution is 7.89. The van der Waals surface area contributed by atoms with E-state index in [2.05, 4.69) is 4.98 Å². The number of sulfonamides is 1. The van der Waals surface area contributed by atoms with Crippen LogP contribution in [0.3, 0.4) is 0 Å². The highest BCUT2D eigenvalue weighted by Crippen LogP contribution is 2.56. The number of nitrogens with zero attached hydrogens (tertiary/aromatic N) is 3. The minimum Gasteiger partial charge on any atom is -0.396 e. The summed E-state index contributed by atoms with van der Waals surface area (Å²) >= 11 is 12.1. The summed E-state index contributed by atoms with van der Waals surface area (Å²) in [6.45, 7) is 1.33. The zero-order valence-corrected chi connectivity index (χ0v) is 19.2. The number of pyridine rings is 1. The predicted molar refractivity (Wildman–Crippen MR) is 117 cm³/mol. The molecule has 0 spiro atoms. The van der Waals surface area contributed by atoms with E-state index in [1.807, 2.05) is 6.07 Å². The Morgan fingerprint density at radius 3 is 2.58 bits per heavy atom.